The maximum absolute atomic E-state index is 12.3. The summed E-state index contributed by atoms with van der Waals surface area (Å²) in [5.74, 6) is 1.73. The molecule has 0 amide bonds. The van der Waals surface area contributed by atoms with Crippen LogP contribution >= 0.6 is 0 Å². The summed E-state index contributed by atoms with van der Waals surface area (Å²) < 4.78 is 6.33. The molecule has 2 nitrogen and oxygen atoms in total. The number of Topliss-reactive ketones (excluding diaryl/α,β-unsaturated/α-hetero) is 1. The second-order valence-electron chi connectivity index (χ2n) is 6.76. The zero-order valence-corrected chi connectivity index (χ0v) is 15.2. The maximum Gasteiger partial charge on any atom is 0.160 e. The van der Waals surface area contributed by atoms with Crippen LogP contribution in [0.25, 0.3) is 12.2 Å². The molecule has 3 aromatic carbocycles. The van der Waals surface area contributed by atoms with Crippen molar-refractivity contribution in [1.82, 2.24) is 0 Å². The molecule has 0 aliphatic carbocycles. The van der Waals surface area contributed by atoms with Gasteiger partial charge in [-0.05, 0) is 48.7 Å². The second-order valence-corrected chi connectivity index (χ2v) is 6.76. The molecule has 1 aliphatic rings. The van der Waals surface area contributed by atoms with Crippen molar-refractivity contribution in [3.05, 3.63) is 92.9 Å². The van der Waals surface area contributed by atoms with Gasteiger partial charge in [0.2, 0.25) is 0 Å². The van der Waals surface area contributed by atoms with E-state index in [4.69, 9.17) is 4.74 Å². The van der Waals surface area contributed by atoms with Crippen LogP contribution in [-0.4, -0.2) is 5.78 Å². The van der Waals surface area contributed by atoms with E-state index in [9.17, 15) is 4.79 Å². The van der Waals surface area contributed by atoms with Gasteiger partial charge in [0, 0.05) is 21.9 Å². The first-order valence-corrected chi connectivity index (χ1v) is 8.70. The number of fused-ring (bicyclic) bond motifs is 2. The standard InChI is InChI=1S/C24H20O2/c1-14-12-13-21-22(19-10-6-5-9-18(19)17(4)25)20-11-7-8-15(2)23(20)26-24(21)16(14)3/h5-13H,1H2,2-4H3. The van der Waals surface area contributed by atoms with Gasteiger partial charge in [-0.3, -0.25) is 4.79 Å². The quantitative estimate of drug-likeness (QED) is 0.510. The molecule has 0 spiro atoms. The summed E-state index contributed by atoms with van der Waals surface area (Å²) in [6, 6.07) is 18.0. The molecule has 3 aromatic rings. The van der Waals surface area contributed by atoms with E-state index in [-0.39, 0.29) is 5.78 Å². The second kappa shape index (κ2) is 5.99. The summed E-state index contributed by atoms with van der Waals surface area (Å²) in [6.45, 7) is 9.79. The first-order valence-electron chi connectivity index (χ1n) is 8.70. The fourth-order valence-corrected chi connectivity index (χ4v) is 3.59. The summed E-state index contributed by atoms with van der Waals surface area (Å²) in [7, 11) is 0. The predicted molar refractivity (Wildman–Crippen MR) is 105 cm³/mol. The molecule has 0 saturated heterocycles. The Labute approximate surface area is 153 Å². The van der Waals surface area contributed by atoms with Gasteiger partial charge in [0.05, 0.1) is 0 Å². The largest absolute Gasteiger partial charge is 0.455 e. The number of carbonyl (C=O) groups is 1. The molecule has 26 heavy (non-hydrogen) atoms. The van der Waals surface area contributed by atoms with E-state index in [0.29, 0.717) is 0 Å². The van der Waals surface area contributed by atoms with Crippen molar-refractivity contribution in [3.8, 4) is 11.5 Å². The molecule has 4 rings (SSSR count). The maximum atomic E-state index is 12.3. The highest BCUT2D eigenvalue weighted by atomic mass is 16.5. The molecular weight excluding hydrogens is 320 g/mol. The van der Waals surface area contributed by atoms with Gasteiger partial charge in [0.1, 0.15) is 11.5 Å². The summed E-state index contributed by atoms with van der Waals surface area (Å²) in [5, 5.41) is 1.95. The Balaban J connectivity index is 2.22. The molecule has 0 N–H and O–H groups in total. The fraction of sp³-hybridized carbons (Fsp3) is 0.125. The van der Waals surface area contributed by atoms with Crippen LogP contribution in [0.4, 0.5) is 0 Å². The Morgan fingerprint density at radius 1 is 0.885 bits per heavy atom. The van der Waals surface area contributed by atoms with Gasteiger partial charge in [0.15, 0.2) is 5.78 Å². The molecule has 0 bridgehead atoms. The lowest BCUT2D eigenvalue weighted by Crippen LogP contribution is -2.23. The number of aryl methyl sites for hydroxylation is 1. The molecule has 0 unspecified atom stereocenters. The smallest absolute Gasteiger partial charge is 0.160 e. The Hall–Kier alpha value is -3.13. The number of carbonyl (C=O) groups excluding carboxylic acids is 1. The number of benzene rings is 3. The summed E-state index contributed by atoms with van der Waals surface area (Å²) in [4.78, 5) is 12.3. The molecule has 1 aliphatic heterocycles. The third kappa shape index (κ3) is 2.38. The average molecular weight is 340 g/mol. The van der Waals surface area contributed by atoms with Crippen molar-refractivity contribution in [2.24, 2.45) is 0 Å². The topological polar surface area (TPSA) is 26.3 Å². The van der Waals surface area contributed by atoms with Crippen LogP contribution in [0, 0.1) is 13.8 Å². The molecule has 0 aromatic heterocycles. The van der Waals surface area contributed by atoms with Gasteiger partial charge < -0.3 is 4.74 Å². The average Bonchev–Trinajstić information content (AvgIpc) is 2.64. The van der Waals surface area contributed by atoms with Crippen molar-refractivity contribution in [3.63, 3.8) is 0 Å². The van der Waals surface area contributed by atoms with Gasteiger partial charge in [-0.1, -0.05) is 55.1 Å². The van der Waals surface area contributed by atoms with Crippen molar-refractivity contribution in [2.45, 2.75) is 20.8 Å². The van der Waals surface area contributed by atoms with Crippen molar-refractivity contribution >= 4 is 17.9 Å². The van der Waals surface area contributed by atoms with Gasteiger partial charge in [-0.25, -0.2) is 0 Å². The van der Waals surface area contributed by atoms with E-state index in [1.54, 1.807) is 6.92 Å². The van der Waals surface area contributed by atoms with E-state index in [0.717, 1.165) is 55.3 Å². The van der Waals surface area contributed by atoms with E-state index in [2.05, 4.69) is 12.6 Å². The Morgan fingerprint density at radius 2 is 1.62 bits per heavy atom. The number of ketones is 1. The van der Waals surface area contributed by atoms with Crippen LogP contribution in [0.15, 0.2) is 54.6 Å². The van der Waals surface area contributed by atoms with Crippen LogP contribution in [-0.2, 0) is 0 Å². The molecule has 0 radical (unpaired) electrons. The van der Waals surface area contributed by atoms with Crippen molar-refractivity contribution < 1.29 is 9.53 Å². The summed E-state index contributed by atoms with van der Waals surface area (Å²) in [5.41, 5.74) is 5.81. The molecule has 128 valence electrons. The van der Waals surface area contributed by atoms with Gasteiger partial charge in [-0.15, -0.1) is 0 Å². The number of rotatable bonds is 2. The van der Waals surface area contributed by atoms with Crippen LogP contribution in [0.3, 0.4) is 0 Å². The normalized spacial score (nSPS) is 12.2. The highest BCUT2D eigenvalue weighted by molar-refractivity contribution is 6.02. The highest BCUT2D eigenvalue weighted by Crippen LogP contribution is 2.39. The lowest BCUT2D eigenvalue weighted by atomic mass is 9.87. The minimum atomic E-state index is 0.0563. The Kier molecular flexibility index (Phi) is 3.77. The minimum absolute atomic E-state index is 0.0563. The zero-order valence-electron chi connectivity index (χ0n) is 15.2. The predicted octanol–water partition coefficient (Wildman–Crippen LogP) is 4.27. The van der Waals surface area contributed by atoms with E-state index in [1.807, 2.05) is 62.4 Å². The SMILES string of the molecule is C=c1ccc2c(c1C)Oc1c(C)cccc1C=2c1ccccc1C(C)=O. The Bertz CT molecular complexity index is 1170. The number of hydrogen-bond donors (Lipinski definition) is 0. The van der Waals surface area contributed by atoms with E-state index < -0.39 is 0 Å². The molecule has 0 fully saturated rings. The summed E-state index contributed by atoms with van der Waals surface area (Å²) in [6.07, 6.45) is 0. The Morgan fingerprint density at radius 3 is 2.38 bits per heavy atom. The number of hydrogen-bond acceptors (Lipinski definition) is 2. The van der Waals surface area contributed by atoms with Crippen molar-refractivity contribution in [1.29, 1.82) is 0 Å². The number of ether oxygens (including phenoxy) is 1. The first kappa shape index (κ1) is 16.3. The number of para-hydroxylation sites is 1. The summed E-state index contributed by atoms with van der Waals surface area (Å²) >= 11 is 0. The van der Waals surface area contributed by atoms with Crippen LogP contribution in [0.2, 0.25) is 0 Å². The molecular formula is C24H20O2. The van der Waals surface area contributed by atoms with Crippen LogP contribution in [0.1, 0.15) is 39.5 Å². The van der Waals surface area contributed by atoms with Gasteiger partial charge in [-0.2, -0.15) is 0 Å². The van der Waals surface area contributed by atoms with Crippen molar-refractivity contribution in [2.75, 3.05) is 0 Å². The fourth-order valence-electron chi connectivity index (χ4n) is 3.59. The first-order chi connectivity index (χ1) is 12.5. The lowest BCUT2D eigenvalue weighted by molar-refractivity contribution is 0.101. The molecule has 1 heterocycles. The highest BCUT2D eigenvalue weighted by Gasteiger charge is 2.24. The van der Waals surface area contributed by atoms with Crippen LogP contribution in [0.5, 0.6) is 11.5 Å². The molecule has 0 atom stereocenters. The molecule has 0 saturated carbocycles. The lowest BCUT2D eigenvalue weighted by Gasteiger charge is -2.24. The third-order valence-corrected chi connectivity index (χ3v) is 5.05. The molecule has 2 heteroatoms. The van der Waals surface area contributed by atoms with E-state index in [1.165, 1.54) is 0 Å². The zero-order chi connectivity index (χ0) is 18.4. The third-order valence-electron chi connectivity index (χ3n) is 5.05. The van der Waals surface area contributed by atoms with E-state index >= 15 is 0 Å². The minimum Gasteiger partial charge on any atom is -0.455 e. The van der Waals surface area contributed by atoms with Gasteiger partial charge >= 0.3 is 0 Å². The van der Waals surface area contributed by atoms with Gasteiger partial charge in [0.25, 0.3) is 0 Å². The monoisotopic (exact) mass is 340 g/mol. The van der Waals surface area contributed by atoms with Crippen LogP contribution < -0.4 is 15.2 Å².